The summed E-state index contributed by atoms with van der Waals surface area (Å²) in [5.74, 6) is -0.131. The van der Waals surface area contributed by atoms with Gasteiger partial charge in [-0.2, -0.15) is 0 Å². The molecule has 4 heteroatoms. The Morgan fingerprint density at radius 3 is 2.94 bits per heavy atom. The molecule has 0 spiro atoms. The number of hydrogen-bond donors (Lipinski definition) is 1. The minimum absolute atomic E-state index is 0.449. The number of rotatable bonds is 4. The molecule has 2 rings (SSSR count). The normalized spacial score (nSPS) is 10.4. The Morgan fingerprint density at radius 2 is 2.24 bits per heavy atom. The first-order valence-electron chi connectivity index (χ1n) is 5.16. The van der Waals surface area contributed by atoms with Crippen molar-refractivity contribution >= 4 is 29.1 Å². The van der Waals surface area contributed by atoms with Gasteiger partial charge < -0.3 is 5.11 Å². The van der Waals surface area contributed by atoms with Gasteiger partial charge in [0.1, 0.15) is 4.88 Å². The van der Waals surface area contributed by atoms with Crippen molar-refractivity contribution in [2.45, 2.75) is 17.6 Å². The Balaban J connectivity index is 2.07. The highest BCUT2D eigenvalue weighted by molar-refractivity contribution is 7.98. The van der Waals surface area contributed by atoms with Crippen molar-refractivity contribution in [3.63, 3.8) is 0 Å². The summed E-state index contributed by atoms with van der Waals surface area (Å²) in [5.41, 5.74) is 2.12. The fraction of sp³-hybridized carbons (Fsp3) is 0.154. The molecular formula is C13H12O2S2. The molecule has 88 valence electrons. The van der Waals surface area contributed by atoms with Crippen LogP contribution < -0.4 is 0 Å². The number of thiophene rings is 1. The summed E-state index contributed by atoms with van der Waals surface area (Å²) in [4.78, 5) is 12.6. The fourth-order valence-corrected chi connectivity index (χ4v) is 3.36. The van der Waals surface area contributed by atoms with Gasteiger partial charge in [0.15, 0.2) is 0 Å². The largest absolute Gasteiger partial charge is 0.477 e. The summed E-state index contributed by atoms with van der Waals surface area (Å²) in [7, 11) is 0. The van der Waals surface area contributed by atoms with Crippen molar-refractivity contribution in [2.75, 3.05) is 0 Å². The molecule has 1 N–H and O–H groups in total. The van der Waals surface area contributed by atoms with Gasteiger partial charge in [-0.3, -0.25) is 0 Å². The number of carbonyl (C=O) groups is 1. The van der Waals surface area contributed by atoms with Gasteiger partial charge in [-0.05, 0) is 36.1 Å². The molecule has 1 aromatic carbocycles. The van der Waals surface area contributed by atoms with Crippen LogP contribution in [-0.4, -0.2) is 11.1 Å². The predicted octanol–water partition coefficient (Wildman–Crippen LogP) is 4.05. The number of carboxylic acid groups (broad SMARTS) is 1. The quantitative estimate of drug-likeness (QED) is 0.847. The van der Waals surface area contributed by atoms with E-state index in [9.17, 15) is 4.79 Å². The number of hydrogen-bond acceptors (Lipinski definition) is 3. The Morgan fingerprint density at radius 1 is 1.41 bits per heavy atom. The van der Waals surface area contributed by atoms with Crippen molar-refractivity contribution in [1.29, 1.82) is 0 Å². The van der Waals surface area contributed by atoms with Gasteiger partial charge in [0.2, 0.25) is 0 Å². The lowest BCUT2D eigenvalue weighted by Crippen LogP contribution is -1.96. The van der Waals surface area contributed by atoms with Gasteiger partial charge in [-0.25, -0.2) is 4.79 Å². The van der Waals surface area contributed by atoms with Crippen molar-refractivity contribution in [2.24, 2.45) is 0 Å². The molecular weight excluding hydrogens is 252 g/mol. The molecule has 0 saturated heterocycles. The summed E-state index contributed by atoms with van der Waals surface area (Å²) in [5, 5.41) is 10.8. The third-order valence-electron chi connectivity index (χ3n) is 2.32. The first-order valence-corrected chi connectivity index (χ1v) is 7.02. The number of carboxylic acids is 1. The molecule has 0 amide bonds. The second-order valence-electron chi connectivity index (χ2n) is 3.69. The van der Waals surface area contributed by atoms with Crippen LogP contribution in [0.15, 0.2) is 40.6 Å². The predicted molar refractivity (Wildman–Crippen MR) is 72.0 cm³/mol. The van der Waals surface area contributed by atoms with Gasteiger partial charge in [-0.1, -0.05) is 17.7 Å². The number of aromatic carboxylic acids is 1. The molecule has 0 fully saturated rings. The van der Waals surface area contributed by atoms with E-state index in [-0.39, 0.29) is 0 Å². The smallest absolute Gasteiger partial charge is 0.346 e. The standard InChI is InChI=1S/C13H12O2S2/c1-9-3-2-4-11(7-9)17-8-10-5-6-16-12(10)13(14)15/h2-7H,8H2,1H3,(H,14,15). The van der Waals surface area contributed by atoms with Crippen LogP contribution in [0, 0.1) is 6.92 Å². The van der Waals surface area contributed by atoms with Crippen LogP contribution in [0.3, 0.4) is 0 Å². The van der Waals surface area contributed by atoms with Crippen LogP contribution in [-0.2, 0) is 5.75 Å². The molecule has 0 unspecified atom stereocenters. The minimum atomic E-state index is -0.833. The zero-order valence-corrected chi connectivity index (χ0v) is 11.0. The Kier molecular flexibility index (Phi) is 3.86. The summed E-state index contributed by atoms with van der Waals surface area (Å²) >= 11 is 2.95. The SMILES string of the molecule is Cc1cccc(SCc2ccsc2C(=O)O)c1. The second kappa shape index (κ2) is 5.38. The van der Waals surface area contributed by atoms with E-state index >= 15 is 0 Å². The van der Waals surface area contributed by atoms with E-state index in [0.717, 1.165) is 5.56 Å². The topological polar surface area (TPSA) is 37.3 Å². The van der Waals surface area contributed by atoms with Crippen LogP contribution in [0.25, 0.3) is 0 Å². The Hall–Kier alpha value is -1.26. The number of aryl methyl sites for hydroxylation is 1. The van der Waals surface area contributed by atoms with Crippen LogP contribution in [0.2, 0.25) is 0 Å². The number of benzene rings is 1. The number of thioether (sulfide) groups is 1. The molecule has 1 heterocycles. The van der Waals surface area contributed by atoms with Gasteiger partial charge in [0.25, 0.3) is 0 Å². The van der Waals surface area contributed by atoms with Crippen LogP contribution >= 0.6 is 23.1 Å². The van der Waals surface area contributed by atoms with Crippen molar-refractivity contribution in [3.8, 4) is 0 Å². The Bertz CT molecular complexity index is 532. The molecule has 0 atom stereocenters. The van der Waals surface area contributed by atoms with Gasteiger partial charge in [-0.15, -0.1) is 23.1 Å². The molecule has 0 radical (unpaired) electrons. The van der Waals surface area contributed by atoms with Crippen molar-refractivity contribution < 1.29 is 9.90 Å². The lowest BCUT2D eigenvalue weighted by molar-refractivity contribution is 0.0701. The van der Waals surface area contributed by atoms with E-state index in [1.807, 2.05) is 23.6 Å². The maximum absolute atomic E-state index is 10.9. The maximum atomic E-state index is 10.9. The maximum Gasteiger partial charge on any atom is 0.346 e. The van der Waals surface area contributed by atoms with E-state index < -0.39 is 5.97 Å². The third-order valence-corrected chi connectivity index (χ3v) is 4.31. The molecule has 2 nitrogen and oxygen atoms in total. The lowest BCUT2D eigenvalue weighted by atomic mass is 10.2. The minimum Gasteiger partial charge on any atom is -0.477 e. The molecule has 0 aliphatic heterocycles. The summed E-state index contributed by atoms with van der Waals surface area (Å²) < 4.78 is 0. The molecule has 17 heavy (non-hydrogen) atoms. The van der Waals surface area contributed by atoms with Crippen molar-refractivity contribution in [1.82, 2.24) is 0 Å². The monoisotopic (exact) mass is 264 g/mol. The summed E-state index contributed by atoms with van der Waals surface area (Å²) in [6.45, 7) is 2.05. The highest BCUT2D eigenvalue weighted by Crippen LogP contribution is 2.27. The van der Waals surface area contributed by atoms with E-state index in [1.165, 1.54) is 21.8 Å². The summed E-state index contributed by atoms with van der Waals surface area (Å²) in [6.07, 6.45) is 0. The molecule has 0 aliphatic rings. The molecule has 0 aliphatic carbocycles. The van der Waals surface area contributed by atoms with Crippen LogP contribution in [0.5, 0.6) is 0 Å². The van der Waals surface area contributed by atoms with Gasteiger partial charge in [0, 0.05) is 10.6 Å². The first-order chi connectivity index (χ1) is 8.16. The molecule has 0 saturated carbocycles. The van der Waals surface area contributed by atoms with E-state index in [2.05, 4.69) is 19.1 Å². The molecule has 2 aromatic rings. The highest BCUT2D eigenvalue weighted by atomic mass is 32.2. The van der Waals surface area contributed by atoms with Gasteiger partial charge in [0.05, 0.1) is 0 Å². The first kappa shape index (κ1) is 12.2. The Labute approximate surface area is 108 Å². The highest BCUT2D eigenvalue weighted by Gasteiger charge is 2.11. The average molecular weight is 264 g/mol. The molecule has 0 bridgehead atoms. The zero-order valence-electron chi connectivity index (χ0n) is 9.34. The lowest BCUT2D eigenvalue weighted by Gasteiger charge is -2.02. The van der Waals surface area contributed by atoms with Crippen LogP contribution in [0.4, 0.5) is 0 Å². The fourth-order valence-electron chi connectivity index (χ4n) is 1.50. The van der Waals surface area contributed by atoms with E-state index in [0.29, 0.717) is 10.6 Å². The molecule has 1 aromatic heterocycles. The third kappa shape index (κ3) is 3.11. The van der Waals surface area contributed by atoms with E-state index in [1.54, 1.807) is 11.8 Å². The van der Waals surface area contributed by atoms with Gasteiger partial charge >= 0.3 is 5.97 Å². The summed E-state index contributed by atoms with van der Waals surface area (Å²) in [6, 6.07) is 10.1. The average Bonchev–Trinajstić information content (AvgIpc) is 2.74. The van der Waals surface area contributed by atoms with Crippen LogP contribution in [0.1, 0.15) is 20.8 Å². The zero-order chi connectivity index (χ0) is 12.3. The van der Waals surface area contributed by atoms with Crippen molar-refractivity contribution in [3.05, 3.63) is 51.7 Å². The van der Waals surface area contributed by atoms with E-state index in [4.69, 9.17) is 5.11 Å². The second-order valence-corrected chi connectivity index (χ2v) is 5.65.